The van der Waals surface area contributed by atoms with Gasteiger partial charge in [-0.15, -0.1) is 0 Å². The van der Waals surface area contributed by atoms with E-state index in [4.69, 9.17) is 5.11 Å². The number of rotatable bonds is 14. The smallest absolute Gasteiger partial charge is 0.303 e. The van der Waals surface area contributed by atoms with Gasteiger partial charge >= 0.3 is 5.97 Å². The van der Waals surface area contributed by atoms with Crippen molar-refractivity contribution in [1.82, 2.24) is 0 Å². The molecular weight excluding hydrogens is 320 g/mol. The van der Waals surface area contributed by atoms with E-state index < -0.39 is 12.1 Å². The third-order valence-electron chi connectivity index (χ3n) is 3.48. The van der Waals surface area contributed by atoms with Crippen LogP contribution in [0.3, 0.4) is 0 Å². The first-order valence-corrected chi connectivity index (χ1v) is 9.32. The van der Waals surface area contributed by atoms with E-state index in [-0.39, 0.29) is 11.7 Å². The average molecular weight is 353 g/mol. The highest BCUT2D eigenvalue weighted by Gasteiger charge is 2.12. The van der Waals surface area contributed by atoms with Crippen LogP contribution in [0, 0.1) is 0 Å². The van der Waals surface area contributed by atoms with Crippen molar-refractivity contribution in [2.75, 3.05) is 0 Å². The zero-order chi connectivity index (χ0) is 18.0. The zero-order valence-electron chi connectivity index (χ0n) is 14.7. The number of aliphatic hydroxyl groups excluding tert-OH is 1. The van der Waals surface area contributed by atoms with E-state index in [0.717, 1.165) is 6.42 Å². The van der Waals surface area contributed by atoms with E-state index in [1.165, 1.54) is 25.7 Å². The fourth-order valence-corrected chi connectivity index (χ4v) is 2.28. The Hall–Kier alpha value is -1.26. The quantitative estimate of drug-likeness (QED) is 0.176. The SMILES string of the molecule is CCCCC/C=C/C/C=C/C=C/C=C/[C@@H](S)[C@H](O)CCCC(=O)O. The molecule has 0 amide bonds. The van der Waals surface area contributed by atoms with Gasteiger partial charge in [-0.2, -0.15) is 12.6 Å². The van der Waals surface area contributed by atoms with Crippen molar-refractivity contribution in [2.45, 2.75) is 69.6 Å². The molecule has 136 valence electrons. The summed E-state index contributed by atoms with van der Waals surface area (Å²) in [6, 6.07) is 0. The molecule has 0 aromatic carbocycles. The lowest BCUT2D eigenvalue weighted by Gasteiger charge is -2.13. The van der Waals surface area contributed by atoms with E-state index in [9.17, 15) is 9.90 Å². The number of allylic oxidation sites excluding steroid dienone is 7. The summed E-state index contributed by atoms with van der Waals surface area (Å²) in [6.45, 7) is 2.21. The van der Waals surface area contributed by atoms with Crippen LogP contribution < -0.4 is 0 Å². The Balaban J connectivity index is 3.81. The van der Waals surface area contributed by atoms with Crippen molar-refractivity contribution in [3.05, 3.63) is 48.6 Å². The number of carboxylic acid groups (broad SMARTS) is 1. The summed E-state index contributed by atoms with van der Waals surface area (Å²) in [7, 11) is 0. The van der Waals surface area contributed by atoms with Gasteiger partial charge in [-0.3, -0.25) is 4.79 Å². The number of aliphatic carboxylic acids is 1. The molecule has 0 saturated carbocycles. The lowest BCUT2D eigenvalue weighted by Crippen LogP contribution is -2.19. The molecule has 0 saturated heterocycles. The molecule has 0 bridgehead atoms. The van der Waals surface area contributed by atoms with Gasteiger partial charge in [0.05, 0.1) is 6.10 Å². The summed E-state index contributed by atoms with van der Waals surface area (Å²) in [5, 5.41) is 18.1. The van der Waals surface area contributed by atoms with Crippen LogP contribution in [0.4, 0.5) is 0 Å². The second kappa shape index (κ2) is 16.6. The minimum Gasteiger partial charge on any atom is -0.481 e. The summed E-state index contributed by atoms with van der Waals surface area (Å²) in [5.74, 6) is -0.834. The minimum atomic E-state index is -0.834. The monoisotopic (exact) mass is 352 g/mol. The molecular formula is C20H32O3S. The molecule has 0 aromatic rings. The van der Waals surface area contributed by atoms with Gasteiger partial charge in [0.15, 0.2) is 0 Å². The molecule has 0 spiro atoms. The van der Waals surface area contributed by atoms with Crippen LogP contribution >= 0.6 is 12.6 Å². The van der Waals surface area contributed by atoms with Crippen molar-refractivity contribution in [2.24, 2.45) is 0 Å². The third-order valence-corrected chi connectivity index (χ3v) is 3.99. The minimum absolute atomic E-state index is 0.0824. The molecule has 0 unspecified atom stereocenters. The van der Waals surface area contributed by atoms with Gasteiger partial charge in [0.1, 0.15) is 0 Å². The molecule has 0 aromatic heterocycles. The van der Waals surface area contributed by atoms with E-state index in [1.54, 1.807) is 0 Å². The summed E-state index contributed by atoms with van der Waals surface area (Å²) < 4.78 is 0. The number of hydrogen-bond donors (Lipinski definition) is 3. The number of aliphatic hydroxyl groups is 1. The molecule has 4 heteroatoms. The average Bonchev–Trinajstić information content (AvgIpc) is 2.55. The third kappa shape index (κ3) is 15.6. The van der Waals surface area contributed by atoms with Crippen LogP contribution in [0.2, 0.25) is 0 Å². The number of carboxylic acids is 1. The van der Waals surface area contributed by atoms with Gasteiger partial charge in [0, 0.05) is 11.7 Å². The van der Waals surface area contributed by atoms with Crippen LogP contribution in [-0.2, 0) is 4.79 Å². The Morgan fingerprint density at radius 3 is 2.50 bits per heavy atom. The normalized spacial score (nSPS) is 15.1. The largest absolute Gasteiger partial charge is 0.481 e. The summed E-state index contributed by atoms with van der Waals surface area (Å²) in [5.41, 5.74) is 0. The lowest BCUT2D eigenvalue weighted by atomic mass is 10.1. The van der Waals surface area contributed by atoms with Gasteiger partial charge in [-0.1, -0.05) is 68.4 Å². The molecule has 24 heavy (non-hydrogen) atoms. The highest BCUT2D eigenvalue weighted by molar-refractivity contribution is 7.81. The molecule has 0 aliphatic rings. The molecule has 0 aliphatic carbocycles. The van der Waals surface area contributed by atoms with Crippen molar-refractivity contribution >= 4 is 18.6 Å². The summed E-state index contributed by atoms with van der Waals surface area (Å²) in [6.07, 6.45) is 22.3. The van der Waals surface area contributed by atoms with Crippen LogP contribution in [0.5, 0.6) is 0 Å². The van der Waals surface area contributed by atoms with Crippen LogP contribution in [0.25, 0.3) is 0 Å². The second-order valence-electron chi connectivity index (χ2n) is 5.74. The number of thiol groups is 1. The second-order valence-corrected chi connectivity index (χ2v) is 6.34. The Bertz CT molecular complexity index is 425. The Labute approximate surface area is 152 Å². The first kappa shape index (κ1) is 22.7. The van der Waals surface area contributed by atoms with Crippen molar-refractivity contribution in [3.8, 4) is 0 Å². The van der Waals surface area contributed by atoms with E-state index in [1.807, 2.05) is 30.4 Å². The van der Waals surface area contributed by atoms with Crippen LogP contribution in [-0.4, -0.2) is 27.5 Å². The summed E-state index contributed by atoms with van der Waals surface area (Å²) >= 11 is 4.31. The summed E-state index contributed by atoms with van der Waals surface area (Å²) in [4.78, 5) is 10.4. The maximum atomic E-state index is 10.4. The number of hydrogen-bond acceptors (Lipinski definition) is 3. The van der Waals surface area contributed by atoms with Crippen LogP contribution in [0.15, 0.2) is 48.6 Å². The molecule has 2 atom stereocenters. The van der Waals surface area contributed by atoms with Gasteiger partial charge in [-0.25, -0.2) is 0 Å². The topological polar surface area (TPSA) is 57.5 Å². The highest BCUT2D eigenvalue weighted by Crippen LogP contribution is 2.11. The number of unbranched alkanes of at least 4 members (excludes halogenated alkanes) is 3. The Morgan fingerprint density at radius 2 is 1.79 bits per heavy atom. The van der Waals surface area contributed by atoms with Crippen molar-refractivity contribution in [3.63, 3.8) is 0 Å². The van der Waals surface area contributed by atoms with E-state index >= 15 is 0 Å². The zero-order valence-corrected chi connectivity index (χ0v) is 15.6. The first-order chi connectivity index (χ1) is 11.6. The Kier molecular flexibility index (Phi) is 15.7. The molecule has 0 radical (unpaired) electrons. The number of carbonyl (C=O) groups is 1. The fourth-order valence-electron chi connectivity index (χ4n) is 2.03. The van der Waals surface area contributed by atoms with Gasteiger partial charge < -0.3 is 10.2 Å². The van der Waals surface area contributed by atoms with Crippen molar-refractivity contribution in [1.29, 1.82) is 0 Å². The fraction of sp³-hybridized carbons (Fsp3) is 0.550. The van der Waals surface area contributed by atoms with Gasteiger partial charge in [-0.05, 0) is 32.1 Å². The molecule has 0 rings (SSSR count). The predicted molar refractivity (Wildman–Crippen MR) is 106 cm³/mol. The highest BCUT2D eigenvalue weighted by atomic mass is 32.1. The Morgan fingerprint density at radius 1 is 1.04 bits per heavy atom. The first-order valence-electron chi connectivity index (χ1n) is 8.80. The standard InChI is InChI=1S/C20H32O3S/c1-2-3-4-5-6-7-8-9-10-11-12-13-16-19(24)18(21)15-14-17-20(22)23/h6-7,9-13,16,18-19,21,24H,2-5,8,14-15,17H2,1H3,(H,22,23)/b7-6+,10-9+,12-11+,16-13+/t18-,19-/m1/s1. The molecule has 0 aliphatic heterocycles. The van der Waals surface area contributed by atoms with Crippen molar-refractivity contribution < 1.29 is 15.0 Å². The lowest BCUT2D eigenvalue weighted by molar-refractivity contribution is -0.137. The molecule has 0 fully saturated rings. The van der Waals surface area contributed by atoms with Gasteiger partial charge in [0.2, 0.25) is 0 Å². The maximum absolute atomic E-state index is 10.4. The van der Waals surface area contributed by atoms with Gasteiger partial charge in [0.25, 0.3) is 0 Å². The maximum Gasteiger partial charge on any atom is 0.303 e. The van der Waals surface area contributed by atoms with E-state index in [0.29, 0.717) is 12.8 Å². The van der Waals surface area contributed by atoms with E-state index in [2.05, 4.69) is 37.8 Å². The molecule has 3 nitrogen and oxygen atoms in total. The molecule has 0 heterocycles. The van der Waals surface area contributed by atoms with Crippen LogP contribution in [0.1, 0.15) is 58.3 Å². The molecule has 2 N–H and O–H groups in total. The predicted octanol–water partition coefficient (Wildman–Crippen LogP) is 5.10.